The number of ether oxygens (including phenoxy) is 1. The molecule has 2 aromatic rings. The maximum atomic E-state index is 12.1. The average Bonchev–Trinajstić information content (AvgIpc) is 2.67. The molecule has 1 aromatic carbocycles. The highest BCUT2D eigenvalue weighted by Gasteiger charge is 2.09. The Bertz CT molecular complexity index is 814. The molecule has 26 heavy (non-hydrogen) atoms. The van der Waals surface area contributed by atoms with Gasteiger partial charge in [-0.25, -0.2) is 4.79 Å². The molecule has 7 heteroatoms. The van der Waals surface area contributed by atoms with Gasteiger partial charge in [0.2, 0.25) is 5.91 Å². The van der Waals surface area contributed by atoms with Crippen molar-refractivity contribution in [2.45, 2.75) is 13.5 Å². The summed E-state index contributed by atoms with van der Waals surface area (Å²) in [6.45, 7) is 1.89. The van der Waals surface area contributed by atoms with E-state index in [9.17, 15) is 14.4 Å². The van der Waals surface area contributed by atoms with Gasteiger partial charge in [-0.1, -0.05) is 0 Å². The lowest BCUT2D eigenvalue weighted by Gasteiger charge is -2.07. The average molecular weight is 353 g/mol. The number of methoxy groups -OCH3 is 1. The number of aromatic nitrogens is 1. The predicted octanol–water partition coefficient (Wildman–Crippen LogP) is 2.07. The Morgan fingerprint density at radius 3 is 2.35 bits per heavy atom. The molecule has 0 aliphatic carbocycles. The summed E-state index contributed by atoms with van der Waals surface area (Å²) >= 11 is 0. The van der Waals surface area contributed by atoms with Crippen LogP contribution in [0.4, 0.5) is 5.69 Å². The lowest BCUT2D eigenvalue weighted by molar-refractivity contribution is -0.117. The van der Waals surface area contributed by atoms with Gasteiger partial charge in [0, 0.05) is 36.3 Å². The van der Waals surface area contributed by atoms with Gasteiger partial charge < -0.3 is 15.4 Å². The molecule has 2 N–H and O–H groups in total. The van der Waals surface area contributed by atoms with E-state index < -0.39 is 11.9 Å². The van der Waals surface area contributed by atoms with Crippen LogP contribution in [0.25, 0.3) is 0 Å². The molecule has 0 saturated heterocycles. The minimum absolute atomic E-state index is 0.259. The van der Waals surface area contributed by atoms with E-state index in [1.54, 1.807) is 55.7 Å². The van der Waals surface area contributed by atoms with Crippen molar-refractivity contribution < 1.29 is 19.1 Å². The Balaban J connectivity index is 1.90. The highest BCUT2D eigenvalue weighted by atomic mass is 16.5. The van der Waals surface area contributed by atoms with Gasteiger partial charge in [-0.05, 0) is 48.9 Å². The van der Waals surface area contributed by atoms with Crippen LogP contribution in [-0.2, 0) is 20.9 Å². The number of nitrogens with one attached hydrogen (secondary N) is 2. The van der Waals surface area contributed by atoms with Crippen molar-refractivity contribution in [1.29, 1.82) is 0 Å². The number of pyridine rings is 1. The van der Waals surface area contributed by atoms with Crippen LogP contribution in [0, 0.1) is 0 Å². The van der Waals surface area contributed by atoms with Crippen LogP contribution in [0.1, 0.15) is 22.8 Å². The van der Waals surface area contributed by atoms with Crippen LogP contribution in [0.2, 0.25) is 0 Å². The molecule has 0 radical (unpaired) electrons. The van der Waals surface area contributed by atoms with Crippen molar-refractivity contribution in [3.8, 4) is 0 Å². The number of rotatable bonds is 6. The second-order valence-corrected chi connectivity index (χ2v) is 5.42. The topological polar surface area (TPSA) is 97.4 Å². The van der Waals surface area contributed by atoms with Crippen molar-refractivity contribution in [3.05, 3.63) is 71.6 Å². The van der Waals surface area contributed by atoms with Crippen molar-refractivity contribution >= 4 is 23.5 Å². The Morgan fingerprint density at radius 2 is 1.73 bits per heavy atom. The molecular formula is C19H19N3O4. The highest BCUT2D eigenvalue weighted by Crippen LogP contribution is 2.11. The fourth-order valence-electron chi connectivity index (χ4n) is 2.04. The molecule has 0 aliphatic rings. The van der Waals surface area contributed by atoms with E-state index in [4.69, 9.17) is 0 Å². The minimum atomic E-state index is -0.454. The summed E-state index contributed by atoms with van der Waals surface area (Å²) in [6.07, 6.45) is 4.52. The summed E-state index contributed by atoms with van der Waals surface area (Å²) in [7, 11) is 1.30. The first-order chi connectivity index (χ1) is 12.5. The van der Waals surface area contributed by atoms with E-state index in [1.807, 2.05) is 0 Å². The molecular weight excluding hydrogens is 334 g/mol. The van der Waals surface area contributed by atoms with Gasteiger partial charge in [-0.2, -0.15) is 0 Å². The zero-order valence-electron chi connectivity index (χ0n) is 14.5. The SMILES string of the molecule is COC(=O)c1ccc(NC(=O)/C(C)=C/C(=O)NCc2ccncc2)cc1. The molecule has 134 valence electrons. The number of nitrogens with zero attached hydrogens (tertiary/aromatic N) is 1. The smallest absolute Gasteiger partial charge is 0.337 e. The monoisotopic (exact) mass is 353 g/mol. The fraction of sp³-hybridized carbons (Fsp3) is 0.158. The van der Waals surface area contributed by atoms with E-state index in [0.29, 0.717) is 17.8 Å². The third-order valence-corrected chi connectivity index (χ3v) is 3.49. The van der Waals surface area contributed by atoms with Crippen molar-refractivity contribution in [2.75, 3.05) is 12.4 Å². The van der Waals surface area contributed by atoms with Crippen LogP contribution in [0.3, 0.4) is 0 Å². The molecule has 1 heterocycles. The van der Waals surface area contributed by atoms with Crippen molar-refractivity contribution in [3.63, 3.8) is 0 Å². The normalized spacial score (nSPS) is 10.8. The number of carbonyl (C=O) groups excluding carboxylic acids is 3. The summed E-state index contributed by atoms with van der Waals surface area (Å²) < 4.78 is 4.61. The Labute approximate surface area is 151 Å². The largest absolute Gasteiger partial charge is 0.465 e. The van der Waals surface area contributed by atoms with Gasteiger partial charge >= 0.3 is 5.97 Å². The summed E-state index contributed by atoms with van der Waals surface area (Å²) in [5.74, 6) is -1.23. The molecule has 0 bridgehead atoms. The maximum absolute atomic E-state index is 12.1. The second-order valence-electron chi connectivity index (χ2n) is 5.42. The fourth-order valence-corrected chi connectivity index (χ4v) is 2.04. The van der Waals surface area contributed by atoms with Gasteiger partial charge in [-0.3, -0.25) is 14.6 Å². The molecule has 7 nitrogen and oxygen atoms in total. The van der Waals surface area contributed by atoms with E-state index >= 15 is 0 Å². The quantitative estimate of drug-likeness (QED) is 0.612. The maximum Gasteiger partial charge on any atom is 0.337 e. The van der Waals surface area contributed by atoms with Gasteiger partial charge in [0.15, 0.2) is 0 Å². The third-order valence-electron chi connectivity index (χ3n) is 3.49. The van der Waals surface area contributed by atoms with Gasteiger partial charge in [-0.15, -0.1) is 0 Å². The number of esters is 1. The van der Waals surface area contributed by atoms with Crippen LogP contribution in [-0.4, -0.2) is 29.9 Å². The zero-order chi connectivity index (χ0) is 18.9. The van der Waals surface area contributed by atoms with Crippen LogP contribution in [0.5, 0.6) is 0 Å². The van der Waals surface area contributed by atoms with Crippen LogP contribution >= 0.6 is 0 Å². The van der Waals surface area contributed by atoms with Gasteiger partial charge in [0.25, 0.3) is 5.91 Å². The molecule has 2 amide bonds. The zero-order valence-corrected chi connectivity index (χ0v) is 14.5. The number of hydrogen-bond donors (Lipinski definition) is 2. The highest BCUT2D eigenvalue weighted by molar-refractivity contribution is 6.07. The lowest BCUT2D eigenvalue weighted by atomic mass is 10.2. The molecule has 0 atom stereocenters. The molecule has 0 spiro atoms. The van der Waals surface area contributed by atoms with Crippen LogP contribution in [0.15, 0.2) is 60.4 Å². The first kappa shape index (κ1) is 18.9. The Morgan fingerprint density at radius 1 is 1.08 bits per heavy atom. The molecule has 0 fully saturated rings. The first-order valence-electron chi connectivity index (χ1n) is 7.84. The lowest BCUT2D eigenvalue weighted by Crippen LogP contribution is -2.22. The first-order valence-corrected chi connectivity index (χ1v) is 7.84. The standard InChI is InChI=1S/C19H19N3O4/c1-13(11-17(23)21-12-14-7-9-20-10-8-14)18(24)22-16-5-3-15(4-6-16)19(25)26-2/h3-11H,12H2,1-2H3,(H,21,23)(H,22,24)/b13-11+. The summed E-state index contributed by atoms with van der Waals surface area (Å²) in [6, 6.07) is 9.84. The molecule has 0 unspecified atom stereocenters. The number of amides is 2. The Kier molecular flexibility index (Phi) is 6.61. The minimum Gasteiger partial charge on any atom is -0.465 e. The van der Waals surface area contributed by atoms with E-state index in [-0.39, 0.29) is 11.5 Å². The molecule has 1 aromatic heterocycles. The third kappa shape index (κ3) is 5.55. The van der Waals surface area contributed by atoms with Gasteiger partial charge in [0.05, 0.1) is 12.7 Å². The van der Waals surface area contributed by atoms with E-state index in [0.717, 1.165) is 5.56 Å². The molecule has 0 aliphatic heterocycles. The van der Waals surface area contributed by atoms with E-state index in [1.165, 1.54) is 13.2 Å². The summed E-state index contributed by atoms with van der Waals surface area (Å²) in [5, 5.41) is 5.36. The Hall–Kier alpha value is -3.48. The van der Waals surface area contributed by atoms with Crippen molar-refractivity contribution in [1.82, 2.24) is 10.3 Å². The second kappa shape index (κ2) is 9.12. The van der Waals surface area contributed by atoms with Crippen molar-refractivity contribution in [2.24, 2.45) is 0 Å². The summed E-state index contributed by atoms with van der Waals surface area (Å²) in [5.41, 5.74) is 2.06. The molecule has 0 saturated carbocycles. The number of hydrogen-bond acceptors (Lipinski definition) is 5. The molecule has 2 rings (SSSR count). The van der Waals surface area contributed by atoms with E-state index in [2.05, 4.69) is 20.4 Å². The van der Waals surface area contributed by atoms with Crippen LogP contribution < -0.4 is 10.6 Å². The number of carbonyl (C=O) groups is 3. The van der Waals surface area contributed by atoms with Gasteiger partial charge in [0.1, 0.15) is 0 Å². The number of benzene rings is 1. The number of anilines is 1. The summed E-state index contributed by atoms with van der Waals surface area (Å²) in [4.78, 5) is 39.3. The predicted molar refractivity (Wildman–Crippen MR) is 96.3 cm³/mol.